The highest BCUT2D eigenvalue weighted by molar-refractivity contribution is 6.40. The average molecular weight is 538 g/mol. The number of amides is 1. The Labute approximate surface area is 207 Å². The van der Waals surface area contributed by atoms with Crippen LogP contribution in [0.15, 0.2) is 54.9 Å². The molecule has 0 aliphatic carbocycles. The fourth-order valence-corrected chi connectivity index (χ4v) is 4.01. The molecule has 0 unspecified atom stereocenters. The van der Waals surface area contributed by atoms with Crippen molar-refractivity contribution in [3.8, 4) is 5.75 Å². The highest BCUT2D eigenvalue weighted by Crippen LogP contribution is 2.36. The van der Waals surface area contributed by atoms with Crippen LogP contribution in [0.4, 0.5) is 13.2 Å². The maximum absolute atomic E-state index is 13.1. The monoisotopic (exact) mass is 536 g/mol. The van der Waals surface area contributed by atoms with Gasteiger partial charge in [0.05, 0.1) is 32.7 Å². The maximum Gasteiger partial charge on any atom is 0.416 e. The third kappa shape index (κ3) is 6.90. The van der Waals surface area contributed by atoms with Gasteiger partial charge in [0.2, 0.25) is 0 Å². The molecule has 0 aliphatic heterocycles. The van der Waals surface area contributed by atoms with Gasteiger partial charge in [0.25, 0.3) is 5.91 Å². The van der Waals surface area contributed by atoms with E-state index < -0.39 is 17.6 Å². The summed E-state index contributed by atoms with van der Waals surface area (Å²) < 4.78 is 44.2. The molecule has 0 spiro atoms. The van der Waals surface area contributed by atoms with Gasteiger partial charge in [-0.3, -0.25) is 9.78 Å². The van der Waals surface area contributed by atoms with E-state index >= 15 is 0 Å². The van der Waals surface area contributed by atoms with Crippen molar-refractivity contribution in [2.75, 3.05) is 13.2 Å². The number of hydrogen-bond donors (Lipinski definition) is 0. The average Bonchev–Trinajstić information content (AvgIpc) is 2.74. The smallest absolute Gasteiger partial charge is 0.416 e. The van der Waals surface area contributed by atoms with Crippen LogP contribution in [0, 0.1) is 0 Å². The van der Waals surface area contributed by atoms with Gasteiger partial charge in [-0.15, -0.1) is 0 Å². The van der Waals surface area contributed by atoms with Crippen LogP contribution < -0.4 is 4.74 Å². The highest BCUT2D eigenvalue weighted by atomic mass is 35.5. The summed E-state index contributed by atoms with van der Waals surface area (Å²) in [5, 5.41) is 1.01. The highest BCUT2D eigenvalue weighted by Gasteiger charge is 2.30. The molecule has 0 aliphatic rings. The first-order valence-corrected chi connectivity index (χ1v) is 10.9. The maximum atomic E-state index is 13.1. The molecule has 3 rings (SSSR count). The number of ether oxygens (including phenoxy) is 1. The zero-order valence-corrected chi connectivity index (χ0v) is 19.7. The van der Waals surface area contributed by atoms with Crippen molar-refractivity contribution in [2.24, 2.45) is 0 Å². The van der Waals surface area contributed by atoms with E-state index in [9.17, 15) is 18.0 Å². The summed E-state index contributed by atoms with van der Waals surface area (Å²) in [5.74, 6) is -0.226. The topological polar surface area (TPSA) is 42.4 Å². The van der Waals surface area contributed by atoms with Crippen LogP contribution in [0.3, 0.4) is 0 Å². The lowest BCUT2D eigenvalue weighted by Gasteiger charge is -2.23. The molecule has 174 valence electrons. The second-order valence-electron chi connectivity index (χ2n) is 6.86. The number of halogens is 7. The van der Waals surface area contributed by atoms with E-state index in [0.29, 0.717) is 10.6 Å². The molecular formula is C22H15Cl4F3N2O2. The molecule has 0 saturated heterocycles. The van der Waals surface area contributed by atoms with Gasteiger partial charge in [0, 0.05) is 24.0 Å². The normalized spacial score (nSPS) is 11.4. The number of carbonyl (C=O) groups is 1. The standard InChI is InChI=1S/C22H15Cl4F3N2O2/c23-16-8-18(25)20(19(26)9-16)33-6-5-31(21(32)14-7-17(24)11-30-10-14)12-13-1-3-15(4-2-13)22(27,28)29/h1-4,7-11H,5-6,12H2. The second-order valence-corrected chi connectivity index (χ2v) is 8.55. The lowest BCUT2D eigenvalue weighted by molar-refractivity contribution is -0.137. The number of nitrogens with zero attached hydrogens (tertiary/aromatic N) is 2. The minimum absolute atomic E-state index is 0.00143. The quantitative estimate of drug-likeness (QED) is 0.314. The van der Waals surface area contributed by atoms with Crippen LogP contribution in [0.1, 0.15) is 21.5 Å². The third-order valence-electron chi connectivity index (χ3n) is 4.46. The Morgan fingerprint density at radius 1 is 0.939 bits per heavy atom. The first-order valence-electron chi connectivity index (χ1n) is 9.38. The lowest BCUT2D eigenvalue weighted by atomic mass is 10.1. The molecule has 0 atom stereocenters. The molecule has 1 aromatic heterocycles. The fraction of sp³-hybridized carbons (Fsp3) is 0.182. The lowest BCUT2D eigenvalue weighted by Crippen LogP contribution is -2.34. The number of alkyl halides is 3. The summed E-state index contributed by atoms with van der Waals surface area (Å²) in [6, 6.07) is 8.93. The van der Waals surface area contributed by atoms with E-state index in [4.69, 9.17) is 51.1 Å². The fourth-order valence-electron chi connectivity index (χ4n) is 2.91. The molecule has 1 amide bonds. The predicted molar refractivity (Wildman–Crippen MR) is 122 cm³/mol. The van der Waals surface area contributed by atoms with Crippen molar-refractivity contribution < 1.29 is 22.7 Å². The molecule has 0 saturated carbocycles. The zero-order valence-electron chi connectivity index (χ0n) is 16.7. The van der Waals surface area contributed by atoms with Gasteiger partial charge in [-0.2, -0.15) is 13.2 Å². The van der Waals surface area contributed by atoms with Crippen LogP contribution in [-0.2, 0) is 12.7 Å². The number of pyridine rings is 1. The Hall–Kier alpha value is -2.19. The minimum Gasteiger partial charge on any atom is -0.489 e. The van der Waals surface area contributed by atoms with E-state index in [2.05, 4.69) is 4.98 Å². The summed E-state index contributed by atoms with van der Waals surface area (Å²) >= 11 is 24.1. The number of hydrogen-bond acceptors (Lipinski definition) is 3. The molecule has 1 heterocycles. The molecule has 0 N–H and O–H groups in total. The summed E-state index contributed by atoms with van der Waals surface area (Å²) in [7, 11) is 0. The second kappa shape index (κ2) is 10.8. The molecule has 33 heavy (non-hydrogen) atoms. The third-order valence-corrected chi connectivity index (χ3v) is 5.45. The molecule has 2 aromatic carbocycles. The Bertz CT molecular complexity index is 1120. The Kier molecular flexibility index (Phi) is 8.34. The van der Waals surface area contributed by atoms with Crippen LogP contribution >= 0.6 is 46.4 Å². The zero-order chi connectivity index (χ0) is 24.2. The van der Waals surface area contributed by atoms with Crippen molar-refractivity contribution in [1.29, 1.82) is 0 Å². The van der Waals surface area contributed by atoms with Crippen LogP contribution in [0.5, 0.6) is 5.75 Å². The van der Waals surface area contributed by atoms with Gasteiger partial charge in [-0.05, 0) is 35.9 Å². The molecule has 3 aromatic rings. The Balaban J connectivity index is 1.79. The van der Waals surface area contributed by atoms with Gasteiger partial charge in [0.15, 0.2) is 5.75 Å². The number of carbonyl (C=O) groups excluding carboxylic acids is 1. The van der Waals surface area contributed by atoms with Crippen molar-refractivity contribution >= 4 is 52.3 Å². The van der Waals surface area contributed by atoms with E-state index in [-0.39, 0.29) is 46.1 Å². The molecule has 0 radical (unpaired) electrons. The predicted octanol–water partition coefficient (Wildman–Crippen LogP) is 7.44. The molecular weight excluding hydrogens is 523 g/mol. The van der Waals surface area contributed by atoms with Crippen LogP contribution in [0.25, 0.3) is 0 Å². The SMILES string of the molecule is O=C(c1cncc(Cl)c1)N(CCOc1c(Cl)cc(Cl)cc1Cl)Cc1ccc(C(F)(F)F)cc1. The first kappa shape index (κ1) is 25.4. The van der Waals surface area contributed by atoms with Crippen molar-refractivity contribution in [2.45, 2.75) is 12.7 Å². The Morgan fingerprint density at radius 3 is 2.15 bits per heavy atom. The molecule has 0 bridgehead atoms. The van der Waals surface area contributed by atoms with E-state index in [1.165, 1.54) is 47.6 Å². The molecule has 4 nitrogen and oxygen atoms in total. The van der Waals surface area contributed by atoms with Gasteiger partial charge < -0.3 is 9.64 Å². The van der Waals surface area contributed by atoms with Gasteiger partial charge in [0.1, 0.15) is 6.61 Å². The largest absolute Gasteiger partial charge is 0.489 e. The molecule has 0 fully saturated rings. The number of benzene rings is 2. The van der Waals surface area contributed by atoms with E-state index in [1.807, 2.05) is 0 Å². The summed E-state index contributed by atoms with van der Waals surface area (Å²) in [6.07, 6.45) is -1.72. The number of rotatable bonds is 7. The van der Waals surface area contributed by atoms with Crippen molar-refractivity contribution in [1.82, 2.24) is 9.88 Å². The minimum atomic E-state index is -4.45. The van der Waals surface area contributed by atoms with Crippen molar-refractivity contribution in [3.63, 3.8) is 0 Å². The van der Waals surface area contributed by atoms with Gasteiger partial charge in [-0.1, -0.05) is 58.5 Å². The number of aromatic nitrogens is 1. The van der Waals surface area contributed by atoms with Crippen molar-refractivity contribution in [3.05, 3.63) is 91.6 Å². The summed E-state index contributed by atoms with van der Waals surface area (Å²) in [5.41, 5.74) is -0.0654. The van der Waals surface area contributed by atoms with E-state index in [0.717, 1.165) is 12.1 Å². The first-order chi connectivity index (χ1) is 15.5. The van der Waals surface area contributed by atoms with Crippen LogP contribution in [-0.4, -0.2) is 28.9 Å². The molecule has 11 heteroatoms. The summed E-state index contributed by atoms with van der Waals surface area (Å²) in [4.78, 5) is 18.4. The Morgan fingerprint density at radius 2 is 1.58 bits per heavy atom. The van der Waals surface area contributed by atoms with Gasteiger partial charge in [-0.25, -0.2) is 0 Å². The van der Waals surface area contributed by atoms with Gasteiger partial charge >= 0.3 is 6.18 Å². The van der Waals surface area contributed by atoms with Crippen LogP contribution in [0.2, 0.25) is 20.1 Å². The summed E-state index contributed by atoms with van der Waals surface area (Å²) in [6.45, 7) is 0.0953. The van der Waals surface area contributed by atoms with E-state index in [1.54, 1.807) is 0 Å².